The second-order valence-corrected chi connectivity index (χ2v) is 8.68. The van der Waals surface area contributed by atoms with Crippen LogP contribution in [-0.4, -0.2) is 10.9 Å². The van der Waals surface area contributed by atoms with E-state index in [9.17, 15) is 9.18 Å². The smallest absolute Gasteiger partial charge is 0.255 e. The molecule has 32 heavy (non-hydrogen) atoms. The molecule has 0 radical (unpaired) electrons. The van der Waals surface area contributed by atoms with E-state index in [4.69, 9.17) is 5.73 Å². The van der Waals surface area contributed by atoms with E-state index in [0.717, 1.165) is 42.3 Å². The van der Waals surface area contributed by atoms with Crippen molar-refractivity contribution in [1.82, 2.24) is 4.98 Å². The Kier molecular flexibility index (Phi) is 5.50. The van der Waals surface area contributed by atoms with Gasteiger partial charge in [0.1, 0.15) is 5.82 Å². The number of benzene rings is 3. The van der Waals surface area contributed by atoms with Crippen molar-refractivity contribution in [3.05, 3.63) is 101 Å². The van der Waals surface area contributed by atoms with Gasteiger partial charge in [0, 0.05) is 33.9 Å². The summed E-state index contributed by atoms with van der Waals surface area (Å²) in [5.41, 5.74) is 12.4. The van der Waals surface area contributed by atoms with Crippen LogP contribution in [0.4, 0.5) is 10.1 Å². The van der Waals surface area contributed by atoms with Crippen molar-refractivity contribution in [3.63, 3.8) is 0 Å². The molecule has 4 nitrogen and oxygen atoms in total. The van der Waals surface area contributed by atoms with Crippen molar-refractivity contribution < 1.29 is 9.18 Å². The van der Waals surface area contributed by atoms with Gasteiger partial charge in [0.15, 0.2) is 0 Å². The van der Waals surface area contributed by atoms with E-state index in [1.165, 1.54) is 35.4 Å². The number of aryl methyl sites for hydroxylation is 1. The average molecular weight is 428 g/mol. The zero-order valence-electron chi connectivity index (χ0n) is 17.8. The Labute approximate surface area is 186 Å². The summed E-state index contributed by atoms with van der Waals surface area (Å²) in [6.07, 6.45) is 4.10. The number of nitrogens with two attached hydrogens (primary N) is 1. The molecule has 3 aromatic carbocycles. The van der Waals surface area contributed by atoms with Crippen LogP contribution in [0.1, 0.15) is 46.1 Å². The van der Waals surface area contributed by atoms with Crippen LogP contribution in [0, 0.1) is 11.7 Å². The first kappa shape index (κ1) is 20.5. The molecule has 5 heteroatoms. The molecular weight excluding hydrogens is 401 g/mol. The molecule has 0 saturated heterocycles. The monoisotopic (exact) mass is 427 g/mol. The minimum Gasteiger partial charge on any atom is -0.357 e. The Morgan fingerprint density at radius 2 is 1.84 bits per heavy atom. The molecule has 1 heterocycles. The number of hydrogen-bond acceptors (Lipinski definition) is 2. The molecule has 4 N–H and O–H groups in total. The molecule has 0 spiro atoms. The lowest BCUT2D eigenvalue weighted by Gasteiger charge is -2.27. The van der Waals surface area contributed by atoms with Crippen LogP contribution in [0.25, 0.3) is 10.9 Å². The van der Waals surface area contributed by atoms with Gasteiger partial charge in [0.2, 0.25) is 0 Å². The molecular formula is C27H26FN3O. The van der Waals surface area contributed by atoms with E-state index in [-0.39, 0.29) is 17.8 Å². The van der Waals surface area contributed by atoms with E-state index >= 15 is 0 Å². The summed E-state index contributed by atoms with van der Waals surface area (Å²) in [5, 5.41) is 4.04. The van der Waals surface area contributed by atoms with Crippen LogP contribution in [0.2, 0.25) is 0 Å². The molecule has 1 aromatic heterocycles. The summed E-state index contributed by atoms with van der Waals surface area (Å²) >= 11 is 0. The highest BCUT2D eigenvalue weighted by Crippen LogP contribution is 2.38. The van der Waals surface area contributed by atoms with Gasteiger partial charge in [0.25, 0.3) is 5.91 Å². The quantitative estimate of drug-likeness (QED) is 0.379. The first-order valence-electron chi connectivity index (χ1n) is 11.1. The van der Waals surface area contributed by atoms with E-state index in [0.29, 0.717) is 17.2 Å². The predicted molar refractivity (Wildman–Crippen MR) is 126 cm³/mol. The minimum atomic E-state index is -0.361. The van der Waals surface area contributed by atoms with Gasteiger partial charge in [-0.2, -0.15) is 0 Å². The maximum absolute atomic E-state index is 13.1. The number of carbonyl (C=O) groups excluding carboxylic acids is 1. The lowest BCUT2D eigenvalue weighted by atomic mass is 9.81. The molecule has 0 bridgehead atoms. The number of nitrogens with one attached hydrogen (secondary N) is 2. The van der Waals surface area contributed by atoms with E-state index in [1.807, 2.05) is 24.3 Å². The summed E-state index contributed by atoms with van der Waals surface area (Å²) in [4.78, 5) is 16.1. The number of halogens is 1. The summed E-state index contributed by atoms with van der Waals surface area (Å²) in [6, 6.07) is 22.0. The van der Waals surface area contributed by atoms with Gasteiger partial charge in [0.05, 0.1) is 0 Å². The minimum absolute atomic E-state index is 0.0100. The van der Waals surface area contributed by atoms with Gasteiger partial charge in [-0.1, -0.05) is 30.3 Å². The van der Waals surface area contributed by atoms with E-state index in [2.05, 4.69) is 34.6 Å². The molecule has 1 amide bonds. The van der Waals surface area contributed by atoms with Crippen molar-refractivity contribution in [2.75, 3.05) is 5.32 Å². The number of hydrogen-bond donors (Lipinski definition) is 3. The van der Waals surface area contributed by atoms with E-state index in [1.54, 1.807) is 0 Å². The molecule has 2 unspecified atom stereocenters. The van der Waals surface area contributed by atoms with Gasteiger partial charge >= 0.3 is 0 Å². The third kappa shape index (κ3) is 4.16. The van der Waals surface area contributed by atoms with Crippen LogP contribution < -0.4 is 11.1 Å². The Balaban J connectivity index is 1.36. The summed E-state index contributed by atoms with van der Waals surface area (Å²) in [7, 11) is 0. The number of rotatable bonds is 5. The fourth-order valence-corrected chi connectivity index (χ4v) is 4.77. The molecule has 0 aliphatic heterocycles. The van der Waals surface area contributed by atoms with Crippen molar-refractivity contribution in [3.8, 4) is 0 Å². The first-order chi connectivity index (χ1) is 15.6. The number of H-pyrrole nitrogens is 1. The zero-order chi connectivity index (χ0) is 22.1. The summed E-state index contributed by atoms with van der Waals surface area (Å²) in [5.74, 6) is -0.0968. The van der Waals surface area contributed by atoms with Crippen molar-refractivity contribution >= 4 is 22.5 Å². The Morgan fingerprint density at radius 1 is 1.06 bits per heavy atom. The fraction of sp³-hybridized carbons (Fsp3) is 0.222. The Bertz CT molecular complexity index is 1250. The second kappa shape index (κ2) is 8.60. The molecule has 0 saturated carbocycles. The Morgan fingerprint density at radius 3 is 2.62 bits per heavy atom. The molecule has 1 aliphatic carbocycles. The molecule has 0 fully saturated rings. The normalized spacial score (nSPS) is 17.8. The van der Waals surface area contributed by atoms with Gasteiger partial charge in [-0.25, -0.2) is 4.39 Å². The predicted octanol–water partition coefficient (Wildman–Crippen LogP) is 5.75. The average Bonchev–Trinajstić information content (AvgIpc) is 3.17. The lowest BCUT2D eigenvalue weighted by Crippen LogP contribution is -2.24. The van der Waals surface area contributed by atoms with Crippen LogP contribution in [-0.2, 0) is 12.8 Å². The molecule has 1 aliphatic rings. The molecule has 5 rings (SSSR count). The third-order valence-corrected chi connectivity index (χ3v) is 6.44. The zero-order valence-corrected chi connectivity index (χ0v) is 17.8. The van der Waals surface area contributed by atoms with Crippen molar-refractivity contribution in [1.29, 1.82) is 0 Å². The van der Waals surface area contributed by atoms with Crippen molar-refractivity contribution in [2.45, 2.75) is 31.7 Å². The first-order valence-corrected chi connectivity index (χ1v) is 11.1. The maximum atomic E-state index is 13.1. The highest BCUT2D eigenvalue weighted by molar-refractivity contribution is 6.05. The number of fused-ring (bicyclic) bond motifs is 3. The number of anilines is 1. The maximum Gasteiger partial charge on any atom is 0.255 e. The van der Waals surface area contributed by atoms with Gasteiger partial charge in [-0.3, -0.25) is 4.79 Å². The summed E-state index contributed by atoms with van der Waals surface area (Å²) < 4.78 is 13.1. The number of carbonyl (C=O) groups is 1. The van der Waals surface area contributed by atoms with Crippen LogP contribution in [0.5, 0.6) is 0 Å². The number of aromatic amines is 1. The Hall–Kier alpha value is -3.44. The van der Waals surface area contributed by atoms with Crippen LogP contribution in [0.15, 0.2) is 72.8 Å². The number of amides is 1. The topological polar surface area (TPSA) is 70.9 Å². The van der Waals surface area contributed by atoms with Crippen molar-refractivity contribution in [2.24, 2.45) is 11.7 Å². The highest BCUT2D eigenvalue weighted by atomic mass is 19.1. The second-order valence-electron chi connectivity index (χ2n) is 8.68. The lowest BCUT2D eigenvalue weighted by molar-refractivity contribution is 0.102. The third-order valence-electron chi connectivity index (χ3n) is 6.44. The largest absolute Gasteiger partial charge is 0.357 e. The van der Waals surface area contributed by atoms with E-state index < -0.39 is 0 Å². The van der Waals surface area contributed by atoms with Gasteiger partial charge < -0.3 is 16.0 Å². The SMILES string of the molecule is NC1CC(CCc2ccccc2)Cc2c1[nH]c1ccc(NC(=O)c3ccc(F)cc3)cc21. The van der Waals surface area contributed by atoms with Crippen LogP contribution >= 0.6 is 0 Å². The summed E-state index contributed by atoms with van der Waals surface area (Å²) in [6.45, 7) is 0. The van der Waals surface area contributed by atoms with Gasteiger partial charge in [-0.15, -0.1) is 0 Å². The highest BCUT2D eigenvalue weighted by Gasteiger charge is 2.28. The molecule has 4 aromatic rings. The number of aromatic nitrogens is 1. The van der Waals surface area contributed by atoms with Crippen LogP contribution in [0.3, 0.4) is 0 Å². The van der Waals surface area contributed by atoms with Gasteiger partial charge in [-0.05, 0) is 85.2 Å². The molecule has 162 valence electrons. The standard InChI is InChI=1S/C27H26FN3O/c28-20-10-8-19(9-11-20)27(32)30-21-12-13-25-22(16-21)23-14-18(15-24(29)26(23)31-25)7-6-17-4-2-1-3-5-17/h1-5,8-13,16,18,24,31H,6-7,14-15,29H2,(H,30,32). The molecule has 2 atom stereocenters. The fourth-order valence-electron chi connectivity index (χ4n) is 4.77.